The molecule has 1 unspecified atom stereocenters. The molecular weight excluding hydrogens is 344 g/mol. The summed E-state index contributed by atoms with van der Waals surface area (Å²) < 4.78 is 66.2. The third-order valence-electron chi connectivity index (χ3n) is 4.42. The predicted molar refractivity (Wildman–Crippen MR) is 103 cm³/mol. The van der Waals surface area contributed by atoms with Gasteiger partial charge in [0.1, 0.15) is 12.1 Å². The Kier molecular flexibility index (Phi) is 3.94. The highest BCUT2D eigenvalue weighted by Crippen LogP contribution is 2.27. The highest BCUT2D eigenvalue weighted by molar-refractivity contribution is 5.93. The molecule has 1 heterocycles. The fraction of sp³-hybridized carbons (Fsp3) is 0.571. The van der Waals surface area contributed by atoms with Crippen molar-refractivity contribution in [2.45, 2.75) is 58.7 Å². The molecule has 0 fully saturated rings. The van der Waals surface area contributed by atoms with Gasteiger partial charge < -0.3 is 15.3 Å². The highest BCUT2D eigenvalue weighted by Gasteiger charge is 2.34. The summed E-state index contributed by atoms with van der Waals surface area (Å²) >= 11 is 0. The van der Waals surface area contributed by atoms with Crippen molar-refractivity contribution < 1.29 is 30.5 Å². The SMILES string of the molecule is [2H]c1c([2H])c([2H])c2c(c1[2H])CC([2H])(C)N(C)C(=O)[C@@]2([2H])NC(=O)[C@]([2H])(C)CC(=O)[C@@]([2H])(O)C(C)C. The lowest BCUT2D eigenvalue weighted by Crippen LogP contribution is -2.44. The number of carbonyl (C=O) groups excluding carboxylic acids is 3. The summed E-state index contributed by atoms with van der Waals surface area (Å²) in [7, 11) is 1.19. The lowest BCUT2D eigenvalue weighted by Gasteiger charge is -2.26. The van der Waals surface area contributed by atoms with Gasteiger partial charge in [-0.15, -0.1) is 0 Å². The number of nitrogens with one attached hydrogen (secondary N) is 1. The van der Waals surface area contributed by atoms with E-state index in [-0.39, 0.29) is 12.0 Å². The Morgan fingerprint density at radius 1 is 1.41 bits per heavy atom. The zero-order chi connectivity index (χ0) is 27.5. The predicted octanol–water partition coefficient (Wildman–Crippen LogP) is 1.86. The molecule has 2 amide bonds. The van der Waals surface area contributed by atoms with Crippen molar-refractivity contribution in [1.82, 2.24) is 10.2 Å². The Morgan fingerprint density at radius 3 is 2.67 bits per heavy atom. The van der Waals surface area contributed by atoms with Gasteiger partial charge in [-0.3, -0.25) is 14.4 Å². The molecule has 1 aromatic carbocycles. The first-order valence-electron chi connectivity index (χ1n) is 12.6. The molecule has 0 aromatic heterocycles. The number of Topliss-reactive ketones (excluding diaryl/α,β-unsaturated/α-hetero) is 1. The summed E-state index contributed by atoms with van der Waals surface area (Å²) in [5, 5.41) is 12.2. The minimum absolute atomic E-state index is 0.204. The van der Waals surface area contributed by atoms with Crippen LogP contribution >= 0.6 is 0 Å². The van der Waals surface area contributed by atoms with Crippen molar-refractivity contribution in [3.8, 4) is 0 Å². The summed E-state index contributed by atoms with van der Waals surface area (Å²) in [6.45, 7) is 5.14. The van der Waals surface area contributed by atoms with Gasteiger partial charge in [0.15, 0.2) is 5.78 Å². The van der Waals surface area contributed by atoms with Crippen LogP contribution in [0.2, 0.25) is 0 Å². The van der Waals surface area contributed by atoms with Gasteiger partial charge in [0.25, 0.3) is 0 Å². The number of fused-ring (bicyclic) bond motifs is 1. The van der Waals surface area contributed by atoms with Crippen LogP contribution in [0.3, 0.4) is 0 Å². The molecule has 0 saturated carbocycles. The van der Waals surface area contributed by atoms with Gasteiger partial charge in [0, 0.05) is 26.8 Å². The monoisotopic (exact) mass is 382 g/mol. The van der Waals surface area contributed by atoms with Crippen molar-refractivity contribution in [3.63, 3.8) is 0 Å². The molecule has 6 nitrogen and oxygen atoms in total. The molecule has 0 spiro atoms. The van der Waals surface area contributed by atoms with Crippen LogP contribution in [0.25, 0.3) is 0 Å². The maximum atomic E-state index is 13.4. The minimum atomic E-state index is -2.85. The Bertz CT molecular complexity index is 1090. The number of ketones is 1. The quantitative estimate of drug-likeness (QED) is 0.786. The Hall–Kier alpha value is -2.21. The topological polar surface area (TPSA) is 86.7 Å². The first kappa shape index (κ1) is 12.3. The van der Waals surface area contributed by atoms with Crippen LogP contribution in [0.4, 0.5) is 0 Å². The standard InChI is InChI=1S/C21H30N2O4/c1-12(2)19(25)17(24)10-13(3)20(26)22-18-16-9-7-6-8-15(16)11-14(4)23(5)21(18)27/h6-9,12-14,18-19,25H,10-11H2,1-5H3,(H,22,26)/t13-,14?,18+,19+/m1/s1/i6D,7D,8D,9D,13D,14D,18D,19D. The Balaban J connectivity index is 2.66. The van der Waals surface area contributed by atoms with E-state index in [1.807, 2.05) is 0 Å². The summed E-state index contributed by atoms with van der Waals surface area (Å²) in [5.74, 6) is -6.80. The van der Waals surface area contributed by atoms with Crippen LogP contribution in [0.5, 0.6) is 0 Å². The molecule has 148 valence electrons. The summed E-state index contributed by atoms with van der Waals surface area (Å²) in [6.07, 6.45) is -3.86. The Morgan fingerprint density at radius 2 is 2.04 bits per heavy atom. The fourth-order valence-corrected chi connectivity index (χ4v) is 2.58. The van der Waals surface area contributed by atoms with Crippen molar-refractivity contribution in [1.29, 1.82) is 0 Å². The van der Waals surface area contributed by atoms with E-state index in [2.05, 4.69) is 5.32 Å². The molecule has 1 aromatic rings. The third kappa shape index (κ3) is 4.75. The maximum absolute atomic E-state index is 13.4. The summed E-state index contributed by atoms with van der Waals surface area (Å²) in [4.78, 5) is 39.8. The number of hydrogen-bond acceptors (Lipinski definition) is 4. The average molecular weight is 383 g/mol. The van der Waals surface area contributed by atoms with Crippen molar-refractivity contribution >= 4 is 17.6 Å². The van der Waals surface area contributed by atoms with Crippen LogP contribution in [0.15, 0.2) is 24.2 Å². The number of amides is 2. The zero-order valence-corrected chi connectivity index (χ0v) is 16.1. The number of likely N-dealkylation sites (N-methyl/N-ethyl adjacent to an activating group) is 1. The molecule has 0 radical (unpaired) electrons. The summed E-state index contributed by atoms with van der Waals surface area (Å²) in [6, 6.07) is -7.28. The van der Waals surface area contributed by atoms with E-state index in [9.17, 15) is 19.5 Å². The van der Waals surface area contributed by atoms with Gasteiger partial charge in [0.05, 0.1) is 9.60 Å². The molecule has 4 atom stereocenters. The molecule has 1 aliphatic heterocycles. The van der Waals surface area contributed by atoms with Gasteiger partial charge in [-0.1, -0.05) is 44.9 Å². The van der Waals surface area contributed by atoms with Crippen LogP contribution in [0, 0.1) is 11.8 Å². The molecule has 1 aliphatic rings. The van der Waals surface area contributed by atoms with Crippen molar-refractivity contribution in [3.05, 3.63) is 35.3 Å². The van der Waals surface area contributed by atoms with E-state index < -0.39 is 83.7 Å². The zero-order valence-electron chi connectivity index (χ0n) is 24.1. The molecule has 2 N–H and O–H groups in total. The lowest BCUT2D eigenvalue weighted by atomic mass is 9.94. The van der Waals surface area contributed by atoms with E-state index in [1.54, 1.807) is 0 Å². The third-order valence-corrected chi connectivity index (χ3v) is 4.42. The highest BCUT2D eigenvalue weighted by atomic mass is 16.3. The number of benzene rings is 1. The van der Waals surface area contributed by atoms with Crippen molar-refractivity contribution in [2.24, 2.45) is 11.8 Å². The van der Waals surface area contributed by atoms with E-state index in [4.69, 9.17) is 11.0 Å². The smallest absolute Gasteiger partial charge is 0.249 e. The molecule has 0 aliphatic carbocycles. The van der Waals surface area contributed by atoms with Crippen LogP contribution in [0.1, 0.15) is 62.2 Å². The second kappa shape index (κ2) is 8.65. The molecule has 6 heteroatoms. The van der Waals surface area contributed by atoms with E-state index in [0.29, 0.717) is 0 Å². The number of nitrogens with zero attached hydrogens (tertiary/aromatic N) is 1. The molecule has 0 bridgehead atoms. The second-order valence-electron chi connectivity index (χ2n) is 6.88. The largest absolute Gasteiger partial charge is 0.385 e. The molecule has 2 rings (SSSR count). The first-order valence-corrected chi connectivity index (χ1v) is 8.59. The van der Waals surface area contributed by atoms with Crippen LogP contribution < -0.4 is 5.32 Å². The van der Waals surface area contributed by atoms with Gasteiger partial charge in [-0.2, -0.15) is 0 Å². The van der Waals surface area contributed by atoms with E-state index >= 15 is 0 Å². The number of rotatable bonds is 6. The van der Waals surface area contributed by atoms with Gasteiger partial charge in [-0.05, 0) is 30.4 Å². The van der Waals surface area contributed by atoms with Crippen LogP contribution in [-0.2, 0) is 20.8 Å². The number of carbonyl (C=O) groups is 3. The lowest BCUT2D eigenvalue weighted by molar-refractivity contribution is -0.138. The van der Waals surface area contributed by atoms with E-state index in [0.717, 1.165) is 11.8 Å². The fourth-order valence-electron chi connectivity index (χ4n) is 2.58. The number of aliphatic hydroxyl groups is 1. The van der Waals surface area contributed by atoms with Crippen molar-refractivity contribution in [2.75, 3.05) is 7.05 Å². The molecule has 0 saturated heterocycles. The van der Waals surface area contributed by atoms with Crippen LogP contribution in [-0.4, -0.2) is 46.7 Å². The van der Waals surface area contributed by atoms with Gasteiger partial charge in [-0.25, -0.2) is 0 Å². The average Bonchev–Trinajstić information content (AvgIpc) is 2.78. The molecule has 27 heavy (non-hydrogen) atoms. The molecular formula is C21H30N2O4. The van der Waals surface area contributed by atoms with Gasteiger partial charge >= 0.3 is 0 Å². The second-order valence-corrected chi connectivity index (χ2v) is 6.88. The minimum Gasteiger partial charge on any atom is -0.385 e. The number of hydrogen-bond donors (Lipinski definition) is 2. The maximum Gasteiger partial charge on any atom is 0.249 e. The van der Waals surface area contributed by atoms with E-state index in [1.165, 1.54) is 27.8 Å². The van der Waals surface area contributed by atoms with Gasteiger partial charge in [0.2, 0.25) is 11.8 Å². The Labute approximate surface area is 172 Å². The normalized spacial score (nSPS) is 34.0. The first-order chi connectivity index (χ1) is 15.6. The summed E-state index contributed by atoms with van der Waals surface area (Å²) in [5.41, 5.74) is -0.754.